The molecule has 2 atom stereocenters. The maximum absolute atomic E-state index is 10.5. The molecule has 0 aromatic carbocycles. The van der Waals surface area contributed by atoms with Gasteiger partial charge in [0.1, 0.15) is 6.29 Å². The highest BCUT2D eigenvalue weighted by Gasteiger charge is 2.16. The van der Waals surface area contributed by atoms with E-state index < -0.39 is 5.38 Å². The van der Waals surface area contributed by atoms with Crippen LogP contribution in [0.3, 0.4) is 0 Å². The molecule has 0 amide bonds. The van der Waals surface area contributed by atoms with Gasteiger partial charge in [-0.05, 0) is 25.2 Å². The average Bonchev–Trinajstić information content (AvgIpc) is 2.32. The number of halogens is 1. The molecule has 0 aromatic heterocycles. The quantitative estimate of drug-likeness (QED) is 0.272. The van der Waals surface area contributed by atoms with E-state index in [2.05, 4.69) is 18.8 Å². The van der Waals surface area contributed by atoms with Gasteiger partial charge in [0.15, 0.2) is 0 Å². The molecule has 0 aliphatic carbocycles. The van der Waals surface area contributed by atoms with Crippen molar-refractivity contribution in [2.24, 2.45) is 10.9 Å². The third-order valence-corrected chi connectivity index (χ3v) is 2.87. The number of nitrogens with zero attached hydrogens (tertiary/aromatic N) is 1. The van der Waals surface area contributed by atoms with Crippen LogP contribution in [0.4, 0.5) is 0 Å². The fourth-order valence-corrected chi connectivity index (χ4v) is 1.89. The number of aldehydes is 1. The molecular weight excluding hydrogens is 226 g/mol. The molecule has 0 spiro atoms. The Morgan fingerprint density at radius 3 is 2.62 bits per heavy atom. The van der Waals surface area contributed by atoms with Gasteiger partial charge in [0, 0.05) is 12.8 Å². The second kappa shape index (κ2) is 9.79. The van der Waals surface area contributed by atoms with Crippen LogP contribution in [-0.2, 0) is 9.53 Å². The van der Waals surface area contributed by atoms with E-state index in [1.54, 1.807) is 7.11 Å². The first kappa shape index (κ1) is 15.6. The SMILES string of the molecule is CCC(=NCCOC)C(CC)CC(Cl)C=O. The molecule has 3 nitrogen and oxygen atoms in total. The second-order valence-electron chi connectivity index (χ2n) is 3.71. The van der Waals surface area contributed by atoms with Gasteiger partial charge in [-0.1, -0.05) is 13.8 Å². The summed E-state index contributed by atoms with van der Waals surface area (Å²) in [4.78, 5) is 15.0. The van der Waals surface area contributed by atoms with Crippen molar-refractivity contribution in [3.8, 4) is 0 Å². The predicted molar refractivity (Wildman–Crippen MR) is 68.6 cm³/mol. The fraction of sp³-hybridized carbons (Fsp3) is 0.833. The van der Waals surface area contributed by atoms with Gasteiger partial charge in [0.05, 0.1) is 18.5 Å². The minimum absolute atomic E-state index is 0.314. The normalized spacial score (nSPS) is 15.9. The summed E-state index contributed by atoms with van der Waals surface area (Å²) < 4.78 is 4.96. The molecule has 0 heterocycles. The number of rotatable bonds is 9. The Kier molecular flexibility index (Phi) is 9.54. The number of alkyl halides is 1. The van der Waals surface area contributed by atoms with Crippen LogP contribution in [0, 0.1) is 5.92 Å². The first-order valence-corrected chi connectivity index (χ1v) is 6.24. The topological polar surface area (TPSA) is 38.7 Å². The molecule has 0 aliphatic heterocycles. The number of aliphatic imine (C=N–C) groups is 1. The van der Waals surface area contributed by atoms with Crippen LogP contribution >= 0.6 is 11.6 Å². The molecule has 0 rings (SSSR count). The molecule has 0 N–H and O–H groups in total. The van der Waals surface area contributed by atoms with Crippen molar-refractivity contribution < 1.29 is 9.53 Å². The van der Waals surface area contributed by atoms with Gasteiger partial charge in [0.2, 0.25) is 0 Å². The molecule has 0 bridgehead atoms. The minimum atomic E-state index is -0.399. The summed E-state index contributed by atoms with van der Waals surface area (Å²) in [7, 11) is 1.67. The predicted octanol–water partition coefficient (Wildman–Crippen LogP) is 2.71. The van der Waals surface area contributed by atoms with E-state index in [1.165, 1.54) is 0 Å². The van der Waals surface area contributed by atoms with Crippen molar-refractivity contribution in [1.82, 2.24) is 0 Å². The van der Waals surface area contributed by atoms with Gasteiger partial charge in [-0.15, -0.1) is 11.6 Å². The van der Waals surface area contributed by atoms with Crippen molar-refractivity contribution in [3.05, 3.63) is 0 Å². The van der Waals surface area contributed by atoms with Crippen molar-refractivity contribution >= 4 is 23.6 Å². The number of ether oxygens (including phenoxy) is 1. The van der Waals surface area contributed by atoms with E-state index in [0.717, 1.165) is 24.8 Å². The van der Waals surface area contributed by atoms with Crippen molar-refractivity contribution in [3.63, 3.8) is 0 Å². The highest BCUT2D eigenvalue weighted by molar-refractivity contribution is 6.27. The van der Waals surface area contributed by atoms with Crippen molar-refractivity contribution in [2.45, 2.75) is 38.5 Å². The highest BCUT2D eigenvalue weighted by Crippen LogP contribution is 2.17. The van der Waals surface area contributed by atoms with Gasteiger partial charge in [-0.3, -0.25) is 4.99 Å². The number of methoxy groups -OCH3 is 1. The van der Waals surface area contributed by atoms with Crippen LogP contribution < -0.4 is 0 Å². The van der Waals surface area contributed by atoms with Crippen molar-refractivity contribution in [2.75, 3.05) is 20.3 Å². The molecule has 4 heteroatoms. The number of hydrogen-bond acceptors (Lipinski definition) is 3. The Hall–Kier alpha value is -0.410. The maximum atomic E-state index is 10.5. The monoisotopic (exact) mass is 247 g/mol. The standard InChI is InChI=1S/C12H22ClNO2/c1-4-10(8-11(13)9-15)12(5-2)14-6-7-16-3/h9-11H,4-8H2,1-3H3. The van der Waals surface area contributed by atoms with Gasteiger partial charge in [-0.25, -0.2) is 0 Å². The van der Waals surface area contributed by atoms with Crippen LogP contribution in [0.25, 0.3) is 0 Å². The lowest BCUT2D eigenvalue weighted by molar-refractivity contribution is -0.107. The summed E-state index contributed by atoms with van der Waals surface area (Å²) in [6.07, 6.45) is 3.36. The van der Waals surface area contributed by atoms with E-state index in [1.807, 2.05) is 0 Å². The van der Waals surface area contributed by atoms with Crippen LogP contribution in [0.2, 0.25) is 0 Å². The number of hydrogen-bond donors (Lipinski definition) is 0. The Balaban J connectivity index is 4.36. The van der Waals surface area contributed by atoms with Gasteiger partial charge in [-0.2, -0.15) is 0 Å². The molecule has 94 valence electrons. The minimum Gasteiger partial charge on any atom is -0.383 e. The summed E-state index contributed by atoms with van der Waals surface area (Å²) in [6.45, 7) is 5.50. The van der Waals surface area contributed by atoms with Gasteiger partial charge >= 0.3 is 0 Å². The van der Waals surface area contributed by atoms with Gasteiger partial charge in [0.25, 0.3) is 0 Å². The van der Waals surface area contributed by atoms with E-state index in [4.69, 9.17) is 16.3 Å². The zero-order chi connectivity index (χ0) is 12.4. The lowest BCUT2D eigenvalue weighted by Gasteiger charge is -2.17. The third kappa shape index (κ3) is 6.23. The molecule has 0 aliphatic rings. The largest absolute Gasteiger partial charge is 0.383 e. The second-order valence-corrected chi connectivity index (χ2v) is 4.27. The van der Waals surface area contributed by atoms with Crippen LogP contribution in [0.5, 0.6) is 0 Å². The van der Waals surface area contributed by atoms with E-state index in [9.17, 15) is 4.79 Å². The summed E-state index contributed by atoms with van der Waals surface area (Å²) in [6, 6.07) is 0. The Labute approximate surface area is 103 Å². The maximum Gasteiger partial charge on any atom is 0.137 e. The highest BCUT2D eigenvalue weighted by atomic mass is 35.5. The van der Waals surface area contributed by atoms with E-state index >= 15 is 0 Å². The Morgan fingerprint density at radius 2 is 2.19 bits per heavy atom. The summed E-state index contributed by atoms with van der Waals surface area (Å²) in [5, 5.41) is -0.399. The average molecular weight is 248 g/mol. The summed E-state index contributed by atoms with van der Waals surface area (Å²) in [5.41, 5.74) is 1.15. The zero-order valence-corrected chi connectivity index (χ0v) is 11.2. The molecule has 0 fully saturated rings. The molecule has 0 radical (unpaired) electrons. The number of carbonyl (C=O) groups is 1. The smallest absolute Gasteiger partial charge is 0.137 e. The Bertz CT molecular complexity index is 219. The molecular formula is C12H22ClNO2. The van der Waals surface area contributed by atoms with Gasteiger partial charge < -0.3 is 9.53 Å². The molecule has 2 unspecified atom stereocenters. The zero-order valence-electron chi connectivity index (χ0n) is 10.4. The summed E-state index contributed by atoms with van der Waals surface area (Å²) >= 11 is 5.85. The van der Waals surface area contributed by atoms with E-state index in [0.29, 0.717) is 25.5 Å². The van der Waals surface area contributed by atoms with Crippen LogP contribution in [0.15, 0.2) is 4.99 Å². The van der Waals surface area contributed by atoms with Crippen LogP contribution in [0.1, 0.15) is 33.1 Å². The lowest BCUT2D eigenvalue weighted by Crippen LogP contribution is -2.19. The van der Waals surface area contributed by atoms with Crippen molar-refractivity contribution in [1.29, 1.82) is 0 Å². The third-order valence-electron chi connectivity index (χ3n) is 2.59. The summed E-state index contributed by atoms with van der Waals surface area (Å²) in [5.74, 6) is 0.314. The molecule has 16 heavy (non-hydrogen) atoms. The molecule has 0 saturated carbocycles. The lowest BCUT2D eigenvalue weighted by atomic mass is 9.93. The first-order chi connectivity index (χ1) is 7.69. The first-order valence-electron chi connectivity index (χ1n) is 5.81. The van der Waals surface area contributed by atoms with E-state index in [-0.39, 0.29) is 0 Å². The Morgan fingerprint density at radius 1 is 1.50 bits per heavy atom. The number of carbonyl (C=O) groups excluding carboxylic acids is 1. The fourth-order valence-electron chi connectivity index (χ4n) is 1.68. The van der Waals surface area contributed by atoms with Crippen LogP contribution in [-0.4, -0.2) is 37.6 Å². The molecule has 0 saturated heterocycles. The molecule has 0 aromatic rings.